The first-order chi connectivity index (χ1) is 12.1. The zero-order valence-corrected chi connectivity index (χ0v) is 14.9. The van der Waals surface area contributed by atoms with Crippen LogP contribution < -0.4 is 5.32 Å². The minimum absolute atomic E-state index is 0.0460. The van der Waals surface area contributed by atoms with Crippen molar-refractivity contribution in [1.29, 1.82) is 0 Å². The smallest absolute Gasteiger partial charge is 0.251 e. The second-order valence-corrected chi connectivity index (χ2v) is 6.94. The van der Waals surface area contributed by atoms with E-state index in [1.54, 1.807) is 0 Å². The minimum Gasteiger partial charge on any atom is -0.385 e. The van der Waals surface area contributed by atoms with Crippen LogP contribution in [0.1, 0.15) is 28.8 Å². The first-order valence-electron chi connectivity index (χ1n) is 8.61. The Kier molecular flexibility index (Phi) is 5.74. The molecule has 0 bridgehead atoms. The van der Waals surface area contributed by atoms with Crippen LogP contribution in [0.4, 0.5) is 0 Å². The molecule has 0 aromatic heterocycles. The Morgan fingerprint density at radius 3 is 2.36 bits per heavy atom. The Bertz CT molecular complexity index is 695. The number of aliphatic hydroxyl groups is 1. The third-order valence-corrected chi connectivity index (χ3v) is 5.07. The Morgan fingerprint density at radius 2 is 1.72 bits per heavy atom. The highest BCUT2D eigenvalue weighted by atomic mass is 35.5. The van der Waals surface area contributed by atoms with E-state index in [4.69, 9.17) is 11.6 Å². The van der Waals surface area contributed by atoms with Crippen LogP contribution in [0, 0.1) is 0 Å². The second-order valence-electron chi connectivity index (χ2n) is 6.50. The molecule has 132 valence electrons. The number of hydrogen-bond acceptors (Lipinski definition) is 3. The molecule has 1 aliphatic heterocycles. The van der Waals surface area contributed by atoms with Crippen LogP contribution in [0.3, 0.4) is 0 Å². The number of amides is 1. The van der Waals surface area contributed by atoms with E-state index in [9.17, 15) is 9.90 Å². The van der Waals surface area contributed by atoms with Gasteiger partial charge in [-0.3, -0.25) is 4.79 Å². The van der Waals surface area contributed by atoms with Crippen molar-refractivity contribution in [2.45, 2.75) is 18.4 Å². The van der Waals surface area contributed by atoms with Gasteiger partial charge in [-0.15, -0.1) is 0 Å². The molecule has 2 aromatic rings. The van der Waals surface area contributed by atoms with Crippen molar-refractivity contribution < 1.29 is 9.90 Å². The number of nitrogens with zero attached hydrogens (tertiary/aromatic N) is 1. The summed E-state index contributed by atoms with van der Waals surface area (Å²) >= 11 is 5.92. The standard InChI is InChI=1S/C20H23ClN2O2/c21-18-8-6-17(7-9-18)20(25)10-13-23(14-11-20)15-12-22-19(24)16-4-2-1-3-5-16/h1-9,25H,10-15H2,(H,22,24). The highest BCUT2D eigenvalue weighted by molar-refractivity contribution is 6.30. The van der Waals surface area contributed by atoms with Crippen molar-refractivity contribution in [1.82, 2.24) is 10.2 Å². The fourth-order valence-corrected chi connectivity index (χ4v) is 3.34. The number of hydrogen-bond donors (Lipinski definition) is 2. The number of piperidine rings is 1. The van der Waals surface area contributed by atoms with E-state index in [2.05, 4.69) is 10.2 Å². The third-order valence-electron chi connectivity index (χ3n) is 4.81. The lowest BCUT2D eigenvalue weighted by atomic mass is 9.84. The second kappa shape index (κ2) is 8.00. The predicted molar refractivity (Wildman–Crippen MR) is 99.8 cm³/mol. The Labute approximate surface area is 153 Å². The minimum atomic E-state index is -0.783. The maximum absolute atomic E-state index is 12.0. The van der Waals surface area contributed by atoms with Crippen LogP contribution >= 0.6 is 11.6 Å². The summed E-state index contributed by atoms with van der Waals surface area (Å²) < 4.78 is 0. The molecular weight excluding hydrogens is 336 g/mol. The van der Waals surface area contributed by atoms with Gasteiger partial charge in [-0.05, 0) is 42.7 Å². The third kappa shape index (κ3) is 4.60. The SMILES string of the molecule is O=C(NCCN1CCC(O)(c2ccc(Cl)cc2)CC1)c1ccccc1. The maximum Gasteiger partial charge on any atom is 0.251 e. The molecule has 2 aromatic carbocycles. The number of rotatable bonds is 5. The van der Waals surface area contributed by atoms with E-state index in [0.717, 1.165) is 25.2 Å². The highest BCUT2D eigenvalue weighted by Crippen LogP contribution is 2.33. The molecule has 0 radical (unpaired) electrons. The number of carbonyl (C=O) groups is 1. The van der Waals surface area contributed by atoms with E-state index in [1.165, 1.54) is 0 Å². The Hall–Kier alpha value is -1.88. The maximum atomic E-state index is 12.0. The van der Waals surface area contributed by atoms with Crippen molar-refractivity contribution in [3.8, 4) is 0 Å². The Morgan fingerprint density at radius 1 is 1.08 bits per heavy atom. The molecule has 0 aliphatic carbocycles. The lowest BCUT2D eigenvalue weighted by Gasteiger charge is -2.38. The van der Waals surface area contributed by atoms with E-state index in [1.807, 2.05) is 54.6 Å². The van der Waals surface area contributed by atoms with Crippen LogP contribution in [0.15, 0.2) is 54.6 Å². The molecule has 1 heterocycles. The number of carbonyl (C=O) groups excluding carboxylic acids is 1. The van der Waals surface area contributed by atoms with E-state index < -0.39 is 5.60 Å². The van der Waals surface area contributed by atoms with Gasteiger partial charge in [0.1, 0.15) is 0 Å². The van der Waals surface area contributed by atoms with E-state index >= 15 is 0 Å². The summed E-state index contributed by atoms with van der Waals surface area (Å²) in [5.41, 5.74) is 0.821. The van der Waals surface area contributed by atoms with Crippen LogP contribution in [-0.2, 0) is 5.60 Å². The molecule has 2 N–H and O–H groups in total. The summed E-state index contributed by atoms with van der Waals surface area (Å²) in [7, 11) is 0. The summed E-state index contributed by atoms with van der Waals surface area (Å²) in [5, 5.41) is 14.5. The van der Waals surface area contributed by atoms with Gasteiger partial charge in [-0.1, -0.05) is 41.9 Å². The molecule has 0 unspecified atom stereocenters. The van der Waals surface area contributed by atoms with Crippen molar-refractivity contribution >= 4 is 17.5 Å². The molecule has 1 aliphatic rings. The quantitative estimate of drug-likeness (QED) is 0.863. The van der Waals surface area contributed by atoms with Gasteiger partial charge in [0.25, 0.3) is 5.91 Å². The number of benzene rings is 2. The molecule has 4 nitrogen and oxygen atoms in total. The van der Waals surface area contributed by atoms with Gasteiger partial charge in [0.2, 0.25) is 0 Å². The molecule has 0 saturated carbocycles. The van der Waals surface area contributed by atoms with Crippen LogP contribution in [0.5, 0.6) is 0 Å². The van der Waals surface area contributed by atoms with Crippen LogP contribution in [0.2, 0.25) is 5.02 Å². The molecule has 1 fully saturated rings. The summed E-state index contributed by atoms with van der Waals surface area (Å²) in [6.07, 6.45) is 1.36. The Balaban J connectivity index is 1.45. The predicted octanol–water partition coefficient (Wildman–Crippen LogP) is 3.05. The number of nitrogens with one attached hydrogen (secondary N) is 1. The highest BCUT2D eigenvalue weighted by Gasteiger charge is 2.33. The van der Waals surface area contributed by atoms with Crippen molar-refractivity contribution in [2.24, 2.45) is 0 Å². The van der Waals surface area contributed by atoms with Crippen LogP contribution in [-0.4, -0.2) is 42.1 Å². The van der Waals surface area contributed by atoms with Crippen LogP contribution in [0.25, 0.3) is 0 Å². The molecule has 0 atom stereocenters. The first kappa shape index (κ1) is 17.9. The summed E-state index contributed by atoms with van der Waals surface area (Å²) in [5.74, 6) is -0.0460. The molecule has 3 rings (SSSR count). The normalized spacial score (nSPS) is 17.2. The fourth-order valence-electron chi connectivity index (χ4n) is 3.21. The van der Waals surface area contributed by atoms with Gasteiger partial charge < -0.3 is 15.3 Å². The van der Waals surface area contributed by atoms with Gasteiger partial charge in [0.05, 0.1) is 5.60 Å². The summed E-state index contributed by atoms with van der Waals surface area (Å²) in [6.45, 7) is 3.00. The number of likely N-dealkylation sites (tertiary alicyclic amines) is 1. The molecule has 1 saturated heterocycles. The lowest BCUT2D eigenvalue weighted by molar-refractivity contribution is -0.0255. The molecule has 5 heteroatoms. The van der Waals surface area contributed by atoms with Crippen molar-refractivity contribution in [2.75, 3.05) is 26.2 Å². The molecule has 25 heavy (non-hydrogen) atoms. The molecular formula is C20H23ClN2O2. The largest absolute Gasteiger partial charge is 0.385 e. The van der Waals surface area contributed by atoms with Gasteiger partial charge in [-0.2, -0.15) is 0 Å². The molecule has 1 amide bonds. The lowest BCUT2D eigenvalue weighted by Crippen LogP contribution is -2.45. The van der Waals surface area contributed by atoms with Crippen molar-refractivity contribution in [3.63, 3.8) is 0 Å². The fraction of sp³-hybridized carbons (Fsp3) is 0.350. The summed E-state index contributed by atoms with van der Waals surface area (Å²) in [6, 6.07) is 16.7. The zero-order valence-electron chi connectivity index (χ0n) is 14.1. The van der Waals surface area contributed by atoms with Gasteiger partial charge >= 0.3 is 0 Å². The van der Waals surface area contributed by atoms with Gasteiger partial charge in [0.15, 0.2) is 0 Å². The first-order valence-corrected chi connectivity index (χ1v) is 8.99. The topological polar surface area (TPSA) is 52.6 Å². The van der Waals surface area contributed by atoms with Crippen molar-refractivity contribution in [3.05, 3.63) is 70.7 Å². The van der Waals surface area contributed by atoms with Gasteiger partial charge in [-0.25, -0.2) is 0 Å². The molecule has 0 spiro atoms. The zero-order chi connectivity index (χ0) is 17.7. The van der Waals surface area contributed by atoms with E-state index in [0.29, 0.717) is 30.0 Å². The number of halogens is 1. The van der Waals surface area contributed by atoms with E-state index in [-0.39, 0.29) is 5.91 Å². The average molecular weight is 359 g/mol. The summed E-state index contributed by atoms with van der Waals surface area (Å²) in [4.78, 5) is 14.3. The average Bonchev–Trinajstić information content (AvgIpc) is 2.64. The van der Waals surface area contributed by atoms with Gasteiger partial charge in [0, 0.05) is 36.8 Å². The monoisotopic (exact) mass is 358 g/mol.